The predicted octanol–water partition coefficient (Wildman–Crippen LogP) is 19.2. The van der Waals surface area contributed by atoms with Crippen molar-refractivity contribution in [1.82, 2.24) is 0 Å². The van der Waals surface area contributed by atoms with E-state index in [4.69, 9.17) is 0 Å². The second kappa shape index (κ2) is 17.2. The first kappa shape index (κ1) is 47.3. The molecule has 1 atom stereocenters. The predicted molar refractivity (Wildman–Crippen MR) is 314 cm³/mol. The summed E-state index contributed by atoms with van der Waals surface area (Å²) in [6.07, 6.45) is 0. The highest BCUT2D eigenvalue weighted by Crippen LogP contribution is 2.61. The highest BCUT2D eigenvalue weighted by atomic mass is 15.1. The van der Waals surface area contributed by atoms with Crippen LogP contribution in [0, 0.1) is 6.92 Å². The number of nitrogens with zero attached hydrogens (tertiary/aromatic N) is 1. The zero-order valence-corrected chi connectivity index (χ0v) is 44.8. The summed E-state index contributed by atoms with van der Waals surface area (Å²) in [7, 11) is 0. The van der Waals surface area contributed by atoms with Crippen molar-refractivity contribution in [3.63, 3.8) is 0 Å². The molecule has 0 spiro atoms. The fourth-order valence-electron chi connectivity index (χ4n) is 12.8. The molecule has 12 rings (SSSR count). The van der Waals surface area contributed by atoms with Crippen molar-refractivity contribution in [1.29, 1.82) is 0 Å². The van der Waals surface area contributed by atoms with E-state index in [1.165, 1.54) is 99.8 Å². The molecule has 1 nitrogen and oxygen atoms in total. The van der Waals surface area contributed by atoms with E-state index < -0.39 is 10.8 Å². The van der Waals surface area contributed by atoms with E-state index >= 15 is 0 Å². The van der Waals surface area contributed by atoms with Crippen LogP contribution in [0.4, 0.5) is 17.1 Å². The summed E-state index contributed by atoms with van der Waals surface area (Å²) in [4.78, 5) is 2.52. The second-order valence-electron chi connectivity index (χ2n) is 24.2. The topological polar surface area (TPSA) is 3.24 Å². The molecule has 0 bridgehead atoms. The summed E-state index contributed by atoms with van der Waals surface area (Å²) in [6.45, 7) is 23.0. The standard InChI is InChI=1S/C73H67N/c1-48-19-18-23-57(45-48)74(58-40-43-62-61-25-16-17-26-65(61)72(66(62)46-58,54-34-28-50(29-35-54)69(2,3)4)55-36-30-51(31-37-55)70(5,6)7)59-41-44-63-64-42-27-49-20-14-15-24-60(49)68(64)73(67(63)47-59,53-21-12-11-13-22-53)56-38-32-52(33-39-56)71(8,9)10/h11-47H,1-10H3. The maximum atomic E-state index is 2.53. The lowest BCUT2D eigenvalue weighted by Gasteiger charge is -2.37. The second-order valence-corrected chi connectivity index (χ2v) is 24.2. The van der Waals surface area contributed by atoms with Gasteiger partial charge in [-0.3, -0.25) is 0 Å². The third kappa shape index (κ3) is 7.33. The van der Waals surface area contributed by atoms with Gasteiger partial charge in [0, 0.05) is 17.1 Å². The van der Waals surface area contributed by atoms with E-state index in [9.17, 15) is 0 Å². The zero-order valence-electron chi connectivity index (χ0n) is 44.8. The first-order chi connectivity index (χ1) is 35.5. The van der Waals surface area contributed by atoms with Gasteiger partial charge >= 0.3 is 0 Å². The molecule has 2 aliphatic carbocycles. The van der Waals surface area contributed by atoms with E-state index in [1.54, 1.807) is 0 Å². The average Bonchev–Trinajstić information content (AvgIpc) is 3.92. The van der Waals surface area contributed by atoms with Crippen molar-refractivity contribution in [2.24, 2.45) is 0 Å². The molecule has 0 aromatic heterocycles. The van der Waals surface area contributed by atoms with Crippen LogP contribution in [0.2, 0.25) is 0 Å². The highest BCUT2D eigenvalue weighted by Gasteiger charge is 2.49. The molecule has 0 saturated heterocycles. The Hall–Kier alpha value is -7.74. The monoisotopic (exact) mass is 958 g/mol. The summed E-state index contributed by atoms with van der Waals surface area (Å²) < 4.78 is 0. The molecule has 0 aliphatic heterocycles. The van der Waals surface area contributed by atoms with Crippen LogP contribution < -0.4 is 4.90 Å². The first-order valence-corrected chi connectivity index (χ1v) is 26.7. The minimum absolute atomic E-state index is 0.0126. The Morgan fingerprint density at radius 3 is 1.30 bits per heavy atom. The van der Waals surface area contributed by atoms with Crippen LogP contribution in [0.1, 0.15) is 129 Å². The largest absolute Gasteiger partial charge is 0.310 e. The fraction of sp³-hybridized carbons (Fsp3) is 0.205. The molecule has 0 fully saturated rings. The third-order valence-electron chi connectivity index (χ3n) is 16.6. The van der Waals surface area contributed by atoms with E-state index in [-0.39, 0.29) is 16.2 Å². The number of hydrogen-bond acceptors (Lipinski definition) is 1. The molecule has 0 saturated carbocycles. The van der Waals surface area contributed by atoms with Crippen molar-refractivity contribution < 1.29 is 0 Å². The van der Waals surface area contributed by atoms with Crippen molar-refractivity contribution in [3.05, 3.63) is 291 Å². The molecule has 0 radical (unpaired) electrons. The van der Waals surface area contributed by atoms with Crippen molar-refractivity contribution in [2.45, 2.75) is 96.3 Å². The average molecular weight is 958 g/mol. The molecule has 0 amide bonds. The SMILES string of the molecule is Cc1cccc(N(c2ccc3c(c2)C(c2ccc(C(C)(C)C)cc2)(c2ccc(C(C)(C)C)cc2)c2ccccc2-3)c2ccc3c(c2)C(c2ccccc2)(c2ccc(C(C)(C)C)cc2)c2c-3ccc3ccccc23)c1. The number of anilines is 3. The molecule has 1 heteroatoms. The molecule has 2 aliphatic rings. The Balaban J connectivity index is 1.14. The molecular weight excluding hydrogens is 891 g/mol. The Bertz CT molecular complexity index is 3700. The molecule has 0 N–H and O–H groups in total. The van der Waals surface area contributed by atoms with E-state index in [0.717, 1.165) is 17.1 Å². The Kier molecular flexibility index (Phi) is 11.0. The minimum Gasteiger partial charge on any atom is -0.310 e. The first-order valence-electron chi connectivity index (χ1n) is 26.7. The molecule has 364 valence electrons. The summed E-state index contributed by atoms with van der Waals surface area (Å²) >= 11 is 0. The number of benzene rings is 10. The van der Waals surface area contributed by atoms with Crippen molar-refractivity contribution in [2.75, 3.05) is 4.90 Å². The van der Waals surface area contributed by atoms with Crippen LogP contribution in [0.5, 0.6) is 0 Å². The number of aryl methyl sites for hydroxylation is 1. The number of fused-ring (bicyclic) bond motifs is 8. The Labute approximate surface area is 440 Å². The Morgan fingerprint density at radius 2 is 0.743 bits per heavy atom. The van der Waals surface area contributed by atoms with Crippen LogP contribution in [-0.2, 0) is 27.1 Å². The number of rotatable bonds is 7. The van der Waals surface area contributed by atoms with E-state index in [0.29, 0.717) is 0 Å². The van der Waals surface area contributed by atoms with Gasteiger partial charge in [-0.15, -0.1) is 0 Å². The van der Waals surface area contributed by atoms with Gasteiger partial charge < -0.3 is 4.90 Å². The van der Waals surface area contributed by atoms with Crippen LogP contribution in [0.15, 0.2) is 224 Å². The quantitative estimate of drug-likeness (QED) is 0.154. The lowest BCUT2D eigenvalue weighted by Crippen LogP contribution is -2.29. The summed E-state index contributed by atoms with van der Waals surface area (Å²) in [5.41, 5.74) is 22.8. The minimum atomic E-state index is -0.620. The van der Waals surface area contributed by atoms with Gasteiger partial charge in [0.25, 0.3) is 0 Å². The van der Waals surface area contributed by atoms with Crippen LogP contribution in [0.25, 0.3) is 33.0 Å². The van der Waals surface area contributed by atoms with E-state index in [1.807, 2.05) is 0 Å². The molecule has 74 heavy (non-hydrogen) atoms. The smallest absolute Gasteiger partial charge is 0.0720 e. The van der Waals surface area contributed by atoms with Crippen LogP contribution in [0.3, 0.4) is 0 Å². The van der Waals surface area contributed by atoms with Crippen molar-refractivity contribution >= 4 is 27.8 Å². The van der Waals surface area contributed by atoms with Gasteiger partial charge in [-0.1, -0.05) is 250 Å². The highest BCUT2D eigenvalue weighted by molar-refractivity contribution is 6.01. The normalized spacial score (nSPS) is 15.6. The van der Waals surface area contributed by atoms with Gasteiger partial charge in [-0.05, 0) is 159 Å². The molecule has 1 unspecified atom stereocenters. The fourth-order valence-corrected chi connectivity index (χ4v) is 12.8. The third-order valence-corrected chi connectivity index (χ3v) is 16.6. The van der Waals surface area contributed by atoms with Crippen LogP contribution in [-0.4, -0.2) is 0 Å². The maximum absolute atomic E-state index is 2.53. The molecule has 10 aromatic carbocycles. The van der Waals surface area contributed by atoms with Crippen molar-refractivity contribution in [3.8, 4) is 22.3 Å². The molecular formula is C73H67N. The summed E-state index contributed by atoms with van der Waals surface area (Å²) in [5, 5.41) is 2.53. The lowest BCUT2D eigenvalue weighted by atomic mass is 9.66. The summed E-state index contributed by atoms with van der Waals surface area (Å²) in [6, 6.07) is 86.4. The molecule has 10 aromatic rings. The summed E-state index contributed by atoms with van der Waals surface area (Å²) in [5.74, 6) is 0. The van der Waals surface area contributed by atoms with E-state index in [2.05, 4.69) is 299 Å². The van der Waals surface area contributed by atoms with Gasteiger partial charge in [0.05, 0.1) is 10.8 Å². The maximum Gasteiger partial charge on any atom is 0.0720 e. The lowest BCUT2D eigenvalue weighted by molar-refractivity contribution is 0.588. The Morgan fingerprint density at radius 1 is 0.311 bits per heavy atom. The van der Waals surface area contributed by atoms with Gasteiger partial charge in [-0.2, -0.15) is 0 Å². The van der Waals surface area contributed by atoms with Gasteiger partial charge in [0.1, 0.15) is 0 Å². The van der Waals surface area contributed by atoms with Gasteiger partial charge in [0.2, 0.25) is 0 Å². The van der Waals surface area contributed by atoms with Gasteiger partial charge in [-0.25, -0.2) is 0 Å². The van der Waals surface area contributed by atoms with Crippen LogP contribution >= 0.6 is 0 Å². The van der Waals surface area contributed by atoms with Gasteiger partial charge in [0.15, 0.2) is 0 Å². The zero-order chi connectivity index (χ0) is 51.4. The molecule has 0 heterocycles. The number of hydrogen-bond donors (Lipinski definition) is 0.